The summed E-state index contributed by atoms with van der Waals surface area (Å²) >= 11 is 5.36. The van der Waals surface area contributed by atoms with Crippen molar-refractivity contribution in [2.45, 2.75) is 24.4 Å². The number of alkyl halides is 3. The molecule has 0 amide bonds. The maximum Gasteiger partial charge on any atom is 0.352 e. The highest BCUT2D eigenvalue weighted by atomic mass is 35.5. The van der Waals surface area contributed by atoms with Crippen LogP contribution in [0.1, 0.15) is 6.23 Å². The smallest absolute Gasteiger partial charge is 0.352 e. The quantitative estimate of drug-likeness (QED) is 0.756. The van der Waals surface area contributed by atoms with E-state index in [4.69, 9.17) is 22.1 Å². The molecule has 1 aromatic rings. The number of hydrogen-bond acceptors (Lipinski definition) is 5. The summed E-state index contributed by atoms with van der Waals surface area (Å²) < 4.78 is 45.8. The molecule has 0 unspecified atom stereocenters. The van der Waals surface area contributed by atoms with Gasteiger partial charge < -0.3 is 15.6 Å². The van der Waals surface area contributed by atoms with Gasteiger partial charge in [0.15, 0.2) is 11.6 Å². The fraction of sp³-hybridized carbons (Fsp3) is 0.556. The van der Waals surface area contributed by atoms with E-state index >= 15 is 0 Å². The van der Waals surface area contributed by atoms with Crippen molar-refractivity contribution in [2.24, 2.45) is 0 Å². The number of nitrogens with two attached hydrogens (primary N) is 1. The molecule has 0 aliphatic carbocycles. The molecular weight excluding hydrogens is 291 g/mol. The van der Waals surface area contributed by atoms with Crippen molar-refractivity contribution in [3.8, 4) is 0 Å². The van der Waals surface area contributed by atoms with Crippen LogP contribution in [0.5, 0.6) is 0 Å². The average Bonchev–Trinajstić information content (AvgIpc) is 2.56. The van der Waals surface area contributed by atoms with E-state index in [9.17, 15) is 23.1 Å². The second-order valence-corrected chi connectivity index (χ2v) is 4.27. The van der Waals surface area contributed by atoms with Crippen LogP contribution in [0.4, 0.5) is 19.0 Å². The lowest BCUT2D eigenvalue weighted by Gasteiger charge is -2.21. The molecule has 106 valence electrons. The molecule has 0 saturated carbocycles. The van der Waals surface area contributed by atoms with Gasteiger partial charge in [0.25, 0.3) is 0 Å². The first-order valence-electron chi connectivity index (χ1n) is 5.10. The molecule has 1 aliphatic heterocycles. The van der Waals surface area contributed by atoms with Gasteiger partial charge in [0.05, 0.1) is 12.1 Å². The van der Waals surface area contributed by atoms with Crippen molar-refractivity contribution >= 4 is 17.4 Å². The fourth-order valence-corrected chi connectivity index (χ4v) is 1.96. The second kappa shape index (κ2) is 4.66. The molecule has 1 aliphatic rings. The molecule has 0 bridgehead atoms. The molecule has 6 nitrogen and oxygen atoms in total. The van der Waals surface area contributed by atoms with E-state index in [0.29, 0.717) is 6.20 Å². The normalized spacial score (nSPS) is 29.6. The van der Waals surface area contributed by atoms with Crippen LogP contribution in [0.3, 0.4) is 0 Å². The standard InChI is InChI=1S/C9H9ClF3N3O3/c10-1-4-5(17)9(12,13)7(19-4)16-2-3(11)6(14)15-8(16)18/h2,4-5,7,17H,1H2,(H2,14,15,18)/t4-,5-,7-/m1/s1. The van der Waals surface area contributed by atoms with Crippen molar-refractivity contribution in [3.05, 3.63) is 22.5 Å². The Bertz CT molecular complexity index is 553. The minimum atomic E-state index is -3.81. The third-order valence-corrected chi connectivity index (χ3v) is 3.02. The molecule has 0 radical (unpaired) electrons. The van der Waals surface area contributed by atoms with Crippen LogP contribution in [-0.4, -0.2) is 38.7 Å². The lowest BCUT2D eigenvalue weighted by Crippen LogP contribution is -2.41. The maximum absolute atomic E-state index is 13.8. The summed E-state index contributed by atoms with van der Waals surface area (Å²) in [6.45, 7) is 0. The highest BCUT2D eigenvalue weighted by Gasteiger charge is 2.59. The van der Waals surface area contributed by atoms with Gasteiger partial charge in [0, 0.05) is 0 Å². The Morgan fingerprint density at radius 3 is 2.79 bits per heavy atom. The number of nitrogen functional groups attached to an aromatic ring is 1. The lowest BCUT2D eigenvalue weighted by molar-refractivity contribution is -0.140. The molecule has 2 heterocycles. The number of ether oxygens (including phenoxy) is 1. The molecular formula is C9H9ClF3N3O3. The first-order chi connectivity index (χ1) is 8.78. The lowest BCUT2D eigenvalue weighted by atomic mass is 10.1. The minimum Gasteiger partial charge on any atom is -0.384 e. The van der Waals surface area contributed by atoms with Crippen molar-refractivity contribution in [2.75, 3.05) is 11.6 Å². The van der Waals surface area contributed by atoms with Gasteiger partial charge in [-0.2, -0.15) is 13.8 Å². The van der Waals surface area contributed by atoms with Crippen molar-refractivity contribution in [1.82, 2.24) is 9.55 Å². The van der Waals surface area contributed by atoms with Crippen molar-refractivity contribution < 1.29 is 23.0 Å². The summed E-state index contributed by atoms with van der Waals surface area (Å²) in [5.74, 6) is -6.08. The predicted molar refractivity (Wildman–Crippen MR) is 58.5 cm³/mol. The summed E-state index contributed by atoms with van der Waals surface area (Å²) in [4.78, 5) is 14.5. The van der Waals surface area contributed by atoms with E-state index in [1.54, 1.807) is 0 Å². The van der Waals surface area contributed by atoms with E-state index in [0.717, 1.165) is 0 Å². The van der Waals surface area contributed by atoms with E-state index in [1.807, 2.05) is 0 Å². The Hall–Kier alpha value is -1.32. The zero-order chi connectivity index (χ0) is 14.4. The van der Waals surface area contributed by atoms with Crippen LogP contribution in [0.25, 0.3) is 0 Å². The van der Waals surface area contributed by atoms with Crippen molar-refractivity contribution in [3.63, 3.8) is 0 Å². The summed E-state index contributed by atoms with van der Waals surface area (Å²) in [5.41, 5.74) is 3.82. The Balaban J connectivity index is 2.48. The molecule has 0 spiro atoms. The largest absolute Gasteiger partial charge is 0.384 e. The van der Waals surface area contributed by atoms with Crippen LogP contribution in [0.15, 0.2) is 11.0 Å². The van der Waals surface area contributed by atoms with Gasteiger partial charge in [0.2, 0.25) is 6.23 Å². The summed E-state index contributed by atoms with van der Waals surface area (Å²) in [5, 5.41) is 9.35. The Kier molecular flexibility index (Phi) is 3.45. The van der Waals surface area contributed by atoms with Gasteiger partial charge in [-0.15, -0.1) is 11.6 Å². The third kappa shape index (κ3) is 2.17. The zero-order valence-electron chi connectivity index (χ0n) is 9.26. The van der Waals surface area contributed by atoms with Crippen LogP contribution >= 0.6 is 11.6 Å². The first kappa shape index (κ1) is 14.1. The van der Waals surface area contributed by atoms with Gasteiger partial charge in [-0.05, 0) is 0 Å². The summed E-state index contributed by atoms with van der Waals surface area (Å²) in [7, 11) is 0. The Morgan fingerprint density at radius 2 is 2.26 bits per heavy atom. The topological polar surface area (TPSA) is 90.4 Å². The molecule has 0 aromatic carbocycles. The van der Waals surface area contributed by atoms with E-state index < -0.39 is 47.6 Å². The number of halogens is 4. The summed E-state index contributed by atoms with van der Waals surface area (Å²) in [6, 6.07) is 0. The molecule has 3 atom stereocenters. The third-order valence-electron chi connectivity index (χ3n) is 2.72. The maximum atomic E-state index is 13.8. The molecule has 1 aromatic heterocycles. The molecule has 1 fully saturated rings. The van der Waals surface area contributed by atoms with Crippen LogP contribution < -0.4 is 11.4 Å². The molecule has 19 heavy (non-hydrogen) atoms. The fourth-order valence-electron chi connectivity index (χ4n) is 1.72. The highest BCUT2D eigenvalue weighted by molar-refractivity contribution is 6.18. The highest BCUT2D eigenvalue weighted by Crippen LogP contribution is 2.42. The van der Waals surface area contributed by atoms with E-state index in [2.05, 4.69) is 4.98 Å². The summed E-state index contributed by atoms with van der Waals surface area (Å²) in [6.07, 6.45) is -5.33. The van der Waals surface area contributed by atoms with Crippen LogP contribution in [-0.2, 0) is 4.74 Å². The number of rotatable bonds is 2. The molecule has 10 heteroatoms. The second-order valence-electron chi connectivity index (χ2n) is 3.96. The van der Waals surface area contributed by atoms with Crippen LogP contribution in [0.2, 0.25) is 0 Å². The zero-order valence-corrected chi connectivity index (χ0v) is 10.0. The first-order valence-corrected chi connectivity index (χ1v) is 5.64. The average molecular weight is 300 g/mol. The van der Waals surface area contributed by atoms with Crippen LogP contribution in [0, 0.1) is 5.82 Å². The number of aromatic nitrogens is 2. The van der Waals surface area contributed by atoms with E-state index in [-0.39, 0.29) is 4.57 Å². The van der Waals surface area contributed by atoms with Gasteiger partial charge in [0.1, 0.15) is 12.2 Å². The SMILES string of the molecule is Nc1nc(=O)n([C@@H]2O[C@H](CCl)[C@@H](O)C2(F)F)cc1F. The predicted octanol–water partition coefficient (Wildman–Crippen LogP) is 0.0970. The molecule has 2 rings (SSSR count). The number of nitrogens with zero attached hydrogens (tertiary/aromatic N) is 2. The Labute approximate surface area is 109 Å². The minimum absolute atomic E-state index is 0.238. The number of hydrogen-bond donors (Lipinski definition) is 2. The molecule has 1 saturated heterocycles. The van der Waals surface area contributed by atoms with Gasteiger partial charge in [-0.1, -0.05) is 0 Å². The van der Waals surface area contributed by atoms with Gasteiger partial charge >= 0.3 is 11.6 Å². The van der Waals surface area contributed by atoms with Gasteiger partial charge in [-0.25, -0.2) is 9.18 Å². The Morgan fingerprint density at radius 1 is 1.63 bits per heavy atom. The molecule has 3 N–H and O–H groups in total. The monoisotopic (exact) mass is 299 g/mol. The van der Waals surface area contributed by atoms with E-state index in [1.165, 1.54) is 0 Å². The number of aliphatic hydroxyl groups is 1. The van der Waals surface area contributed by atoms with Gasteiger partial charge in [-0.3, -0.25) is 4.57 Å². The number of anilines is 1. The number of aliphatic hydroxyl groups excluding tert-OH is 1. The van der Waals surface area contributed by atoms with Crippen molar-refractivity contribution in [1.29, 1.82) is 0 Å².